The van der Waals surface area contributed by atoms with Crippen molar-refractivity contribution in [3.63, 3.8) is 0 Å². The van der Waals surface area contributed by atoms with Crippen LogP contribution in [0.4, 0.5) is 43.4 Å². The maximum atomic E-state index is 13.5. The van der Waals surface area contributed by atoms with E-state index in [0.29, 0.717) is 25.0 Å². The molecule has 0 spiro atoms. The Morgan fingerprint density at radius 1 is 0.609 bits per heavy atom. The second kappa shape index (κ2) is 14.3. The Balaban J connectivity index is 0.000000162. The minimum atomic E-state index is -4.80. The second-order valence-corrected chi connectivity index (χ2v) is 17.1. The molecule has 0 aliphatic carbocycles. The Bertz CT molecular complexity index is 2630. The number of nitriles is 1. The molecule has 6 aliphatic rings. The number of carbonyl (C=O) groups is 4. The minimum Gasteiger partial charge on any atom is -0.359 e. The zero-order valence-corrected chi connectivity index (χ0v) is 33.8. The highest BCUT2D eigenvalue weighted by molar-refractivity contribution is 6.24. The molecular formula is C48H34F6N4O6. The fraction of sp³-hybridized carbons (Fsp3) is 0.292. The summed E-state index contributed by atoms with van der Waals surface area (Å²) < 4.78 is 93.3. The molecule has 0 radical (unpaired) electrons. The molecule has 4 bridgehead atoms. The number of amides is 4. The van der Waals surface area contributed by atoms with Crippen LogP contribution in [0.25, 0.3) is 4.85 Å². The molecule has 4 fully saturated rings. The summed E-state index contributed by atoms with van der Waals surface area (Å²) in [6.45, 7) is 10.4. The Morgan fingerprint density at radius 2 is 1.02 bits per heavy atom. The lowest BCUT2D eigenvalue weighted by Crippen LogP contribution is -2.42. The Hall–Kier alpha value is -6.88. The molecular weight excluding hydrogens is 843 g/mol. The number of carbonyl (C=O) groups excluding carboxylic acids is 4. The highest BCUT2D eigenvalue weighted by Gasteiger charge is 2.73. The zero-order chi connectivity index (χ0) is 45.8. The third-order valence-corrected chi connectivity index (χ3v) is 13.1. The van der Waals surface area contributed by atoms with Gasteiger partial charge in [-0.15, -0.1) is 0 Å². The van der Waals surface area contributed by atoms with E-state index in [1.807, 2.05) is 60.7 Å². The van der Waals surface area contributed by atoms with Crippen molar-refractivity contribution in [2.45, 2.75) is 61.4 Å². The number of hydrogen-bond donors (Lipinski definition) is 0. The summed E-state index contributed by atoms with van der Waals surface area (Å²) in [5, 5.41) is 9.04. The summed E-state index contributed by atoms with van der Waals surface area (Å²) in [6.07, 6.45) is -1.72. The molecule has 6 aliphatic heterocycles. The average molecular weight is 877 g/mol. The van der Waals surface area contributed by atoms with Crippen molar-refractivity contribution in [2.75, 3.05) is 9.80 Å². The first kappa shape index (κ1) is 42.4. The predicted molar refractivity (Wildman–Crippen MR) is 216 cm³/mol. The first-order valence-corrected chi connectivity index (χ1v) is 20.0. The Labute approximate surface area is 361 Å². The summed E-state index contributed by atoms with van der Waals surface area (Å²) in [7, 11) is 0. The van der Waals surface area contributed by atoms with Crippen molar-refractivity contribution in [3.05, 3.63) is 161 Å². The number of fused-ring (bicyclic) bond motifs is 10. The summed E-state index contributed by atoms with van der Waals surface area (Å²) in [4.78, 5) is 58.2. The van der Waals surface area contributed by atoms with E-state index >= 15 is 0 Å². The predicted octanol–water partition coefficient (Wildman–Crippen LogP) is 8.72. The molecule has 16 heteroatoms. The van der Waals surface area contributed by atoms with Gasteiger partial charge in [0, 0.05) is 18.5 Å². The third kappa shape index (κ3) is 6.38. The molecule has 6 heterocycles. The maximum absolute atomic E-state index is 13.5. The van der Waals surface area contributed by atoms with Crippen LogP contribution in [0, 0.1) is 41.6 Å². The van der Waals surface area contributed by atoms with Gasteiger partial charge in [0.1, 0.15) is 11.2 Å². The van der Waals surface area contributed by atoms with E-state index in [4.69, 9.17) is 21.3 Å². The van der Waals surface area contributed by atoms with Crippen molar-refractivity contribution in [2.24, 2.45) is 23.7 Å². The molecule has 4 saturated heterocycles. The van der Waals surface area contributed by atoms with Gasteiger partial charge in [0.05, 0.1) is 69.9 Å². The van der Waals surface area contributed by atoms with Crippen molar-refractivity contribution < 1.29 is 55.0 Å². The van der Waals surface area contributed by atoms with Crippen LogP contribution in [-0.4, -0.2) is 46.0 Å². The van der Waals surface area contributed by atoms with Gasteiger partial charge in [0.25, 0.3) is 0 Å². The second-order valence-electron chi connectivity index (χ2n) is 17.1. The molecule has 0 saturated carbocycles. The van der Waals surface area contributed by atoms with Crippen molar-refractivity contribution in [3.8, 4) is 6.07 Å². The summed E-state index contributed by atoms with van der Waals surface area (Å²) in [5.74, 6) is -5.75. The number of halogens is 6. The fourth-order valence-corrected chi connectivity index (χ4v) is 10.5. The van der Waals surface area contributed by atoms with Gasteiger partial charge in [-0.2, -0.15) is 31.6 Å². The van der Waals surface area contributed by atoms with E-state index in [0.717, 1.165) is 33.1 Å². The molecule has 4 aromatic carbocycles. The lowest BCUT2D eigenvalue weighted by Gasteiger charge is -2.29. The van der Waals surface area contributed by atoms with Gasteiger partial charge in [-0.3, -0.25) is 19.2 Å². The van der Waals surface area contributed by atoms with Gasteiger partial charge in [0.15, 0.2) is 5.69 Å². The largest absolute Gasteiger partial charge is 0.417 e. The highest BCUT2D eigenvalue weighted by Crippen LogP contribution is 2.60. The Morgan fingerprint density at radius 3 is 1.42 bits per heavy atom. The topological polar surface area (TPSA) is 121 Å². The third-order valence-electron chi connectivity index (χ3n) is 13.1. The quantitative estimate of drug-likeness (QED) is 0.0823. The number of nitrogens with zero attached hydrogens (tertiary/aromatic N) is 4. The molecule has 64 heavy (non-hydrogen) atoms. The number of benzene rings is 4. The Kier molecular flexibility index (Phi) is 9.49. The monoisotopic (exact) mass is 876 g/mol. The molecule has 324 valence electrons. The van der Waals surface area contributed by atoms with Gasteiger partial charge >= 0.3 is 12.4 Å². The van der Waals surface area contributed by atoms with Crippen LogP contribution >= 0.6 is 0 Å². The van der Waals surface area contributed by atoms with E-state index in [1.165, 1.54) is 18.2 Å². The van der Waals surface area contributed by atoms with Gasteiger partial charge in [0.2, 0.25) is 23.6 Å². The van der Waals surface area contributed by atoms with Gasteiger partial charge in [-0.25, -0.2) is 14.6 Å². The molecule has 8 atom stereocenters. The summed E-state index contributed by atoms with van der Waals surface area (Å²) in [5.41, 5.74) is -6.22. The van der Waals surface area contributed by atoms with Crippen LogP contribution in [-0.2, 0) is 53.8 Å². The number of alkyl halides is 6. The van der Waals surface area contributed by atoms with Gasteiger partial charge < -0.3 is 9.47 Å². The number of rotatable bonds is 6. The van der Waals surface area contributed by atoms with E-state index in [-0.39, 0.29) is 11.4 Å². The molecule has 4 unspecified atom stereocenters. The summed E-state index contributed by atoms with van der Waals surface area (Å²) >= 11 is 0. The lowest BCUT2D eigenvalue weighted by molar-refractivity contribution is -0.138. The number of hydrogen-bond acceptors (Lipinski definition) is 7. The van der Waals surface area contributed by atoms with Crippen LogP contribution in [0.15, 0.2) is 121 Å². The summed E-state index contributed by atoms with van der Waals surface area (Å²) in [6, 6.07) is 26.0. The average Bonchev–Trinajstić information content (AvgIpc) is 4.05. The number of ether oxygens (including phenoxy) is 2. The molecule has 4 aromatic rings. The van der Waals surface area contributed by atoms with Crippen LogP contribution in [0.2, 0.25) is 0 Å². The van der Waals surface area contributed by atoms with Crippen LogP contribution in [0.5, 0.6) is 0 Å². The van der Waals surface area contributed by atoms with E-state index in [9.17, 15) is 45.5 Å². The van der Waals surface area contributed by atoms with E-state index in [1.54, 1.807) is 38.2 Å². The van der Waals surface area contributed by atoms with Crippen molar-refractivity contribution in [1.82, 2.24) is 0 Å². The van der Waals surface area contributed by atoms with E-state index < -0.39 is 104 Å². The van der Waals surface area contributed by atoms with Crippen molar-refractivity contribution in [1.29, 1.82) is 5.26 Å². The number of anilines is 2. The fourth-order valence-electron chi connectivity index (χ4n) is 10.5. The van der Waals surface area contributed by atoms with Gasteiger partial charge in [-0.05, 0) is 55.3 Å². The van der Waals surface area contributed by atoms with Gasteiger partial charge in [-0.1, -0.05) is 91.0 Å². The normalized spacial score (nSPS) is 30.7. The molecule has 0 aromatic heterocycles. The molecule has 0 N–H and O–H groups in total. The first-order valence-electron chi connectivity index (χ1n) is 20.0. The number of imide groups is 2. The standard InChI is InChI=1S/2C24H17F3N2O3/c1-22-10-11-23(32-22,13-14-6-4-3-5-7-14)19-18(22)20(30)29(21(19)31)15-8-9-17(28-2)16(12-15)24(25,26)27;1-22-9-10-23(32-22,12-14-5-3-2-4-6-14)19-18(22)20(30)29(21(19)31)16-8-7-15(13-28)17(11-16)24(25,26)27/h3-12,18-19H,13H2,1H3;2-11,18-19H,12H2,1H3/t2*18-,19+,22?,23?/m10/s1. The van der Waals surface area contributed by atoms with E-state index in [2.05, 4.69) is 4.85 Å². The van der Waals surface area contributed by atoms with Crippen LogP contribution in [0.1, 0.15) is 41.7 Å². The lowest BCUT2D eigenvalue weighted by atomic mass is 9.70. The zero-order valence-electron chi connectivity index (χ0n) is 33.8. The first-order chi connectivity index (χ1) is 30.2. The van der Waals surface area contributed by atoms with Crippen molar-refractivity contribution >= 4 is 40.7 Å². The van der Waals surface area contributed by atoms with Crippen LogP contribution in [0.3, 0.4) is 0 Å². The van der Waals surface area contributed by atoms with Crippen LogP contribution < -0.4 is 9.80 Å². The molecule has 10 rings (SSSR count). The molecule has 4 amide bonds. The molecule has 10 nitrogen and oxygen atoms in total. The SMILES string of the molecule is CC12C=CC(Cc3ccccc3)(O1)[C@H]1C(=O)N(c3ccc(C#N)c(C(F)(F)F)c3)C(=O)[C@H]12.[C-]#[N+]c1ccc(N2C(=O)[C@@H]3[C@H](C2=O)C2(C)C=CC3(Cc3ccccc3)O2)cc1C(F)(F)F. The maximum Gasteiger partial charge on any atom is 0.417 e. The highest BCUT2D eigenvalue weighted by atomic mass is 19.4. The smallest absolute Gasteiger partial charge is 0.359 e. The minimum absolute atomic E-state index is 0.188.